The molecule has 2 rings (SSSR count). The fourth-order valence-electron chi connectivity index (χ4n) is 2.52. The maximum atomic E-state index is 11.0. The normalized spacial score (nSPS) is 19.6. The van der Waals surface area contributed by atoms with Crippen molar-refractivity contribution in [2.45, 2.75) is 65.1 Å². The lowest BCUT2D eigenvalue weighted by Gasteiger charge is -2.22. The Hall–Kier alpha value is -1.71. The topological polar surface area (TPSA) is 44.8 Å². The van der Waals surface area contributed by atoms with Crippen molar-refractivity contribution in [2.75, 3.05) is 0 Å². The van der Waals surface area contributed by atoms with Crippen LogP contribution in [-0.2, 0) is 4.79 Å². The lowest BCUT2D eigenvalue weighted by molar-refractivity contribution is -0.131. The molecule has 1 unspecified atom stereocenters. The van der Waals surface area contributed by atoms with Crippen LogP contribution in [0.1, 0.15) is 59.3 Å². The molecule has 0 aromatic heterocycles. The van der Waals surface area contributed by atoms with Gasteiger partial charge in [0.2, 0.25) is 5.79 Å². The van der Waals surface area contributed by atoms with E-state index in [1.165, 1.54) is 32.6 Å². The van der Waals surface area contributed by atoms with E-state index in [9.17, 15) is 4.79 Å². The Labute approximate surface area is 126 Å². The summed E-state index contributed by atoms with van der Waals surface area (Å²) < 4.78 is 16.9. The van der Waals surface area contributed by atoms with Crippen LogP contribution in [0.4, 0.5) is 0 Å². The molecule has 0 saturated carbocycles. The van der Waals surface area contributed by atoms with E-state index in [1.807, 2.05) is 6.92 Å². The van der Waals surface area contributed by atoms with Gasteiger partial charge in [0, 0.05) is 26.3 Å². The third-order valence-corrected chi connectivity index (χ3v) is 3.56. The molecule has 1 aromatic rings. The molecule has 1 aromatic carbocycles. The van der Waals surface area contributed by atoms with Crippen molar-refractivity contribution < 1.29 is 19.0 Å². The maximum Gasteiger partial charge on any atom is 0.308 e. The zero-order valence-electron chi connectivity index (χ0n) is 13.1. The second-order valence-corrected chi connectivity index (χ2v) is 5.70. The second-order valence-electron chi connectivity index (χ2n) is 5.70. The first kappa shape index (κ1) is 15.7. The molecule has 4 heteroatoms. The third kappa shape index (κ3) is 4.38. The van der Waals surface area contributed by atoms with Gasteiger partial charge in [-0.25, -0.2) is 0 Å². The Morgan fingerprint density at radius 2 is 1.86 bits per heavy atom. The van der Waals surface area contributed by atoms with Crippen molar-refractivity contribution >= 4 is 5.97 Å². The molecule has 21 heavy (non-hydrogen) atoms. The molecule has 1 aliphatic rings. The minimum absolute atomic E-state index is 0.340. The quantitative estimate of drug-likeness (QED) is 0.423. The number of carbonyl (C=O) groups excluding carboxylic acids is 1. The van der Waals surface area contributed by atoms with Gasteiger partial charge in [0.05, 0.1) is 0 Å². The van der Waals surface area contributed by atoms with Crippen LogP contribution in [0.15, 0.2) is 18.2 Å². The number of benzene rings is 1. The summed E-state index contributed by atoms with van der Waals surface area (Å²) in [7, 11) is 0. The Morgan fingerprint density at radius 1 is 1.14 bits per heavy atom. The lowest BCUT2D eigenvalue weighted by Crippen LogP contribution is -2.34. The van der Waals surface area contributed by atoms with Gasteiger partial charge in [0.1, 0.15) is 5.75 Å². The highest BCUT2D eigenvalue weighted by atomic mass is 16.7. The van der Waals surface area contributed by atoms with Crippen molar-refractivity contribution in [3.63, 3.8) is 0 Å². The molecule has 4 nitrogen and oxygen atoms in total. The van der Waals surface area contributed by atoms with Gasteiger partial charge < -0.3 is 14.2 Å². The molecule has 1 aliphatic heterocycles. The van der Waals surface area contributed by atoms with E-state index < -0.39 is 5.79 Å². The van der Waals surface area contributed by atoms with Crippen LogP contribution in [0.5, 0.6) is 17.2 Å². The number of hydrogen-bond donors (Lipinski definition) is 0. The SMILES string of the molecule is CCCCCCCC1(C)Oc2ccc(OC(C)=O)cc2O1. The number of fused-ring (bicyclic) bond motifs is 1. The molecule has 0 saturated heterocycles. The summed E-state index contributed by atoms with van der Waals surface area (Å²) >= 11 is 0. The van der Waals surface area contributed by atoms with Gasteiger partial charge in [-0.3, -0.25) is 4.79 Å². The van der Waals surface area contributed by atoms with Gasteiger partial charge >= 0.3 is 5.97 Å². The number of rotatable bonds is 7. The first-order chi connectivity index (χ1) is 10.0. The van der Waals surface area contributed by atoms with Crippen molar-refractivity contribution in [1.82, 2.24) is 0 Å². The highest BCUT2D eigenvalue weighted by Gasteiger charge is 2.36. The lowest BCUT2D eigenvalue weighted by atomic mass is 10.1. The Morgan fingerprint density at radius 3 is 2.57 bits per heavy atom. The monoisotopic (exact) mass is 292 g/mol. The minimum atomic E-state index is -0.608. The predicted molar refractivity (Wildman–Crippen MR) is 80.8 cm³/mol. The van der Waals surface area contributed by atoms with Gasteiger partial charge in [-0.1, -0.05) is 32.6 Å². The first-order valence-corrected chi connectivity index (χ1v) is 7.73. The fraction of sp³-hybridized carbons (Fsp3) is 0.588. The summed E-state index contributed by atoms with van der Waals surface area (Å²) in [5.74, 6) is 0.889. The average molecular weight is 292 g/mol. The summed E-state index contributed by atoms with van der Waals surface area (Å²) in [6.45, 7) is 5.55. The van der Waals surface area contributed by atoms with Gasteiger partial charge in [-0.15, -0.1) is 0 Å². The van der Waals surface area contributed by atoms with Gasteiger partial charge in [-0.2, -0.15) is 0 Å². The molecule has 0 fully saturated rings. The fourth-order valence-corrected chi connectivity index (χ4v) is 2.52. The highest BCUT2D eigenvalue weighted by Crippen LogP contribution is 2.43. The highest BCUT2D eigenvalue weighted by molar-refractivity contribution is 5.69. The smallest absolute Gasteiger partial charge is 0.308 e. The Kier molecular flexibility index (Phi) is 5.10. The molecular weight excluding hydrogens is 268 g/mol. The van der Waals surface area contributed by atoms with Crippen LogP contribution in [0, 0.1) is 0 Å². The summed E-state index contributed by atoms with van der Waals surface area (Å²) in [5.41, 5.74) is 0. The van der Waals surface area contributed by atoms with E-state index >= 15 is 0 Å². The second kappa shape index (κ2) is 6.83. The zero-order chi connectivity index (χ0) is 15.3. The summed E-state index contributed by atoms with van der Waals surface area (Å²) in [5, 5.41) is 0. The third-order valence-electron chi connectivity index (χ3n) is 3.56. The molecular formula is C17H24O4. The van der Waals surface area contributed by atoms with E-state index in [4.69, 9.17) is 14.2 Å². The summed E-state index contributed by atoms with van der Waals surface area (Å²) in [4.78, 5) is 11.0. The van der Waals surface area contributed by atoms with Crippen LogP contribution < -0.4 is 14.2 Å². The predicted octanol–water partition coefficient (Wildman–Crippen LogP) is 4.46. The molecule has 0 amide bonds. The van der Waals surface area contributed by atoms with Crippen molar-refractivity contribution in [3.8, 4) is 17.2 Å². The minimum Gasteiger partial charge on any atom is -0.449 e. The number of ether oxygens (including phenoxy) is 3. The molecule has 1 atom stereocenters. The molecule has 0 radical (unpaired) electrons. The molecule has 0 N–H and O–H groups in total. The molecule has 0 aliphatic carbocycles. The van der Waals surface area contributed by atoms with Crippen LogP contribution in [-0.4, -0.2) is 11.8 Å². The van der Waals surface area contributed by atoms with Crippen molar-refractivity contribution in [2.24, 2.45) is 0 Å². The average Bonchev–Trinajstić information content (AvgIpc) is 2.73. The standard InChI is InChI=1S/C17H24O4/c1-4-5-6-7-8-11-17(3)20-15-10-9-14(19-13(2)18)12-16(15)21-17/h9-10,12H,4-8,11H2,1-3H3. The van der Waals surface area contributed by atoms with E-state index in [0.717, 1.165) is 12.8 Å². The Bertz CT molecular complexity index is 498. The number of esters is 1. The molecule has 0 bridgehead atoms. The first-order valence-electron chi connectivity index (χ1n) is 7.73. The van der Waals surface area contributed by atoms with Crippen LogP contribution in [0.25, 0.3) is 0 Å². The molecule has 0 spiro atoms. The molecule has 1 heterocycles. The van der Waals surface area contributed by atoms with E-state index in [1.54, 1.807) is 18.2 Å². The van der Waals surface area contributed by atoms with E-state index in [2.05, 4.69) is 6.92 Å². The summed E-state index contributed by atoms with van der Waals surface area (Å²) in [6, 6.07) is 5.21. The van der Waals surface area contributed by atoms with E-state index in [0.29, 0.717) is 17.2 Å². The van der Waals surface area contributed by atoms with Crippen LogP contribution >= 0.6 is 0 Å². The van der Waals surface area contributed by atoms with Crippen molar-refractivity contribution in [1.29, 1.82) is 0 Å². The number of unbranched alkanes of at least 4 members (excludes halogenated alkanes) is 4. The number of carbonyl (C=O) groups is 1. The number of hydrogen-bond acceptors (Lipinski definition) is 4. The van der Waals surface area contributed by atoms with Gasteiger partial charge in [0.15, 0.2) is 11.5 Å². The Balaban J connectivity index is 1.90. The van der Waals surface area contributed by atoms with Gasteiger partial charge in [-0.05, 0) is 18.6 Å². The van der Waals surface area contributed by atoms with E-state index in [-0.39, 0.29) is 5.97 Å². The van der Waals surface area contributed by atoms with Crippen molar-refractivity contribution in [3.05, 3.63) is 18.2 Å². The maximum absolute atomic E-state index is 11.0. The van der Waals surface area contributed by atoms with Gasteiger partial charge in [0.25, 0.3) is 0 Å². The largest absolute Gasteiger partial charge is 0.449 e. The van der Waals surface area contributed by atoms with Crippen LogP contribution in [0.2, 0.25) is 0 Å². The molecule has 116 valence electrons. The zero-order valence-corrected chi connectivity index (χ0v) is 13.1. The summed E-state index contributed by atoms with van der Waals surface area (Å²) in [6.07, 6.45) is 6.93. The van der Waals surface area contributed by atoms with Crippen LogP contribution in [0.3, 0.4) is 0 Å².